The van der Waals surface area contributed by atoms with Crippen LogP contribution in [0.3, 0.4) is 0 Å². The predicted octanol–water partition coefficient (Wildman–Crippen LogP) is 3.42. The lowest BCUT2D eigenvalue weighted by molar-refractivity contribution is 0.163. The minimum Gasteiger partial charge on any atom is -0.316 e. The summed E-state index contributed by atoms with van der Waals surface area (Å²) in [5.41, 5.74) is 0.464. The van der Waals surface area contributed by atoms with Crippen LogP contribution in [0.2, 0.25) is 0 Å². The van der Waals surface area contributed by atoms with E-state index in [0.717, 1.165) is 32.6 Å². The molecule has 0 bridgehead atoms. The van der Waals surface area contributed by atoms with Crippen molar-refractivity contribution < 1.29 is 8.78 Å². The van der Waals surface area contributed by atoms with Crippen LogP contribution < -0.4 is 5.32 Å². The van der Waals surface area contributed by atoms with E-state index in [1.807, 2.05) is 0 Å². The number of rotatable bonds is 6. The second-order valence-electron chi connectivity index (χ2n) is 6.51. The molecule has 1 aromatic rings. The van der Waals surface area contributed by atoms with Gasteiger partial charge in [-0.1, -0.05) is 26.0 Å². The van der Waals surface area contributed by atoms with Gasteiger partial charge in [0.1, 0.15) is 0 Å². The minimum absolute atomic E-state index is 0.464. The van der Waals surface area contributed by atoms with Crippen molar-refractivity contribution in [3.63, 3.8) is 0 Å². The van der Waals surface area contributed by atoms with Gasteiger partial charge in [-0.05, 0) is 50.4 Å². The average molecular weight is 296 g/mol. The summed E-state index contributed by atoms with van der Waals surface area (Å²) >= 11 is 0. The third-order valence-corrected chi connectivity index (χ3v) is 4.01. The second kappa shape index (κ2) is 7.85. The van der Waals surface area contributed by atoms with Crippen LogP contribution in [0.5, 0.6) is 0 Å². The summed E-state index contributed by atoms with van der Waals surface area (Å²) in [6.45, 7) is 8.89. The maximum atomic E-state index is 13.7. The lowest BCUT2D eigenvalue weighted by Gasteiger charge is -2.33. The Morgan fingerprint density at radius 3 is 2.90 bits per heavy atom. The van der Waals surface area contributed by atoms with Gasteiger partial charge in [-0.2, -0.15) is 0 Å². The highest BCUT2D eigenvalue weighted by molar-refractivity contribution is 5.18. The number of halogens is 2. The van der Waals surface area contributed by atoms with Gasteiger partial charge in [0, 0.05) is 18.7 Å². The van der Waals surface area contributed by atoms with Crippen molar-refractivity contribution in [1.29, 1.82) is 0 Å². The monoisotopic (exact) mass is 296 g/mol. The predicted molar refractivity (Wildman–Crippen MR) is 82.1 cm³/mol. The Hall–Kier alpha value is -1.00. The van der Waals surface area contributed by atoms with Crippen LogP contribution >= 0.6 is 0 Å². The largest absolute Gasteiger partial charge is 0.316 e. The Kier molecular flexibility index (Phi) is 6.12. The summed E-state index contributed by atoms with van der Waals surface area (Å²) in [7, 11) is 0. The van der Waals surface area contributed by atoms with E-state index >= 15 is 0 Å². The molecule has 1 aliphatic rings. The highest BCUT2D eigenvalue weighted by atomic mass is 19.2. The Balaban J connectivity index is 1.85. The molecule has 0 spiro atoms. The van der Waals surface area contributed by atoms with Crippen LogP contribution in [0, 0.1) is 23.5 Å². The number of likely N-dealkylation sites (tertiary alicyclic amines) is 1. The molecule has 2 nitrogen and oxygen atoms in total. The van der Waals surface area contributed by atoms with Crippen LogP contribution in [0.15, 0.2) is 18.2 Å². The van der Waals surface area contributed by atoms with Crippen LogP contribution in [0.25, 0.3) is 0 Å². The van der Waals surface area contributed by atoms with Gasteiger partial charge in [0.25, 0.3) is 0 Å². The Labute approximate surface area is 126 Å². The van der Waals surface area contributed by atoms with E-state index in [0.29, 0.717) is 23.9 Å². The van der Waals surface area contributed by atoms with Crippen molar-refractivity contribution in [2.24, 2.45) is 11.8 Å². The van der Waals surface area contributed by atoms with Crippen molar-refractivity contribution in [1.82, 2.24) is 10.2 Å². The van der Waals surface area contributed by atoms with Crippen molar-refractivity contribution in [3.8, 4) is 0 Å². The number of benzene rings is 1. The van der Waals surface area contributed by atoms with E-state index in [-0.39, 0.29) is 0 Å². The first-order valence-corrected chi connectivity index (χ1v) is 7.92. The molecule has 1 aliphatic heterocycles. The maximum absolute atomic E-state index is 13.7. The molecule has 2 rings (SSSR count). The lowest BCUT2D eigenvalue weighted by atomic mass is 9.97. The van der Waals surface area contributed by atoms with Crippen molar-refractivity contribution in [3.05, 3.63) is 35.4 Å². The summed E-state index contributed by atoms with van der Waals surface area (Å²) in [5.74, 6) is -0.183. The molecule has 0 radical (unpaired) electrons. The molecule has 0 amide bonds. The zero-order valence-electron chi connectivity index (χ0n) is 13.0. The first-order chi connectivity index (χ1) is 10.1. The third-order valence-electron chi connectivity index (χ3n) is 4.01. The molecule has 118 valence electrons. The first-order valence-electron chi connectivity index (χ1n) is 7.92. The van der Waals surface area contributed by atoms with E-state index in [2.05, 4.69) is 24.1 Å². The van der Waals surface area contributed by atoms with E-state index in [4.69, 9.17) is 0 Å². The molecular weight excluding hydrogens is 270 g/mol. The molecule has 0 aromatic heterocycles. The van der Waals surface area contributed by atoms with Gasteiger partial charge in [0.15, 0.2) is 11.6 Å². The normalized spacial score (nSPS) is 20.1. The van der Waals surface area contributed by atoms with Gasteiger partial charge in [-0.25, -0.2) is 8.78 Å². The Morgan fingerprint density at radius 2 is 2.14 bits per heavy atom. The van der Waals surface area contributed by atoms with Crippen molar-refractivity contribution >= 4 is 0 Å². The zero-order chi connectivity index (χ0) is 15.2. The molecule has 0 saturated carbocycles. The lowest BCUT2D eigenvalue weighted by Crippen LogP contribution is -2.40. The summed E-state index contributed by atoms with van der Waals surface area (Å²) in [4.78, 5) is 2.24. The molecule has 1 N–H and O–H groups in total. The number of hydrogen-bond donors (Lipinski definition) is 1. The summed E-state index contributed by atoms with van der Waals surface area (Å²) in [6, 6.07) is 4.44. The Bertz CT molecular complexity index is 448. The average Bonchev–Trinajstić information content (AvgIpc) is 2.44. The molecule has 1 heterocycles. The molecule has 1 unspecified atom stereocenters. The zero-order valence-corrected chi connectivity index (χ0v) is 13.0. The summed E-state index contributed by atoms with van der Waals surface area (Å²) in [5, 5.41) is 3.50. The number of nitrogens with zero attached hydrogens (tertiary/aromatic N) is 1. The molecule has 1 atom stereocenters. The van der Waals surface area contributed by atoms with E-state index in [1.54, 1.807) is 12.1 Å². The fourth-order valence-corrected chi connectivity index (χ4v) is 2.95. The van der Waals surface area contributed by atoms with Gasteiger partial charge in [-0.3, -0.25) is 4.90 Å². The molecule has 1 aromatic carbocycles. The van der Waals surface area contributed by atoms with Gasteiger partial charge in [-0.15, -0.1) is 0 Å². The summed E-state index contributed by atoms with van der Waals surface area (Å²) in [6.07, 6.45) is 2.35. The fourth-order valence-electron chi connectivity index (χ4n) is 2.95. The SMILES string of the molecule is CC(C)CNCC1CCCN(Cc2cccc(F)c2F)C1. The third kappa shape index (κ3) is 5.04. The van der Waals surface area contributed by atoms with E-state index < -0.39 is 11.6 Å². The molecule has 0 aliphatic carbocycles. The minimum atomic E-state index is -0.750. The van der Waals surface area contributed by atoms with Gasteiger partial charge in [0.05, 0.1) is 0 Å². The fraction of sp³-hybridized carbons (Fsp3) is 0.647. The smallest absolute Gasteiger partial charge is 0.163 e. The van der Waals surface area contributed by atoms with E-state index in [9.17, 15) is 8.78 Å². The molecule has 1 fully saturated rings. The molecular formula is C17H26F2N2. The number of nitrogens with one attached hydrogen (secondary N) is 1. The topological polar surface area (TPSA) is 15.3 Å². The highest BCUT2D eigenvalue weighted by Crippen LogP contribution is 2.20. The highest BCUT2D eigenvalue weighted by Gasteiger charge is 2.21. The van der Waals surface area contributed by atoms with Crippen molar-refractivity contribution in [2.75, 3.05) is 26.2 Å². The maximum Gasteiger partial charge on any atom is 0.163 e. The van der Waals surface area contributed by atoms with Crippen LogP contribution in [0.4, 0.5) is 8.78 Å². The molecule has 1 saturated heterocycles. The van der Waals surface area contributed by atoms with Gasteiger partial charge < -0.3 is 5.32 Å². The van der Waals surface area contributed by atoms with E-state index in [1.165, 1.54) is 12.5 Å². The quantitative estimate of drug-likeness (QED) is 0.865. The van der Waals surface area contributed by atoms with Crippen LogP contribution in [-0.2, 0) is 6.54 Å². The number of piperidine rings is 1. The molecule has 21 heavy (non-hydrogen) atoms. The standard InChI is InChI=1S/C17H26F2N2/c1-13(2)9-20-10-14-5-4-8-21(11-14)12-15-6-3-7-16(18)17(15)19/h3,6-7,13-14,20H,4-5,8-12H2,1-2H3. The van der Waals surface area contributed by atoms with Crippen LogP contribution in [-0.4, -0.2) is 31.1 Å². The molecule has 4 heteroatoms. The Morgan fingerprint density at radius 1 is 1.33 bits per heavy atom. The van der Waals surface area contributed by atoms with Gasteiger partial charge in [0.2, 0.25) is 0 Å². The van der Waals surface area contributed by atoms with Crippen molar-refractivity contribution in [2.45, 2.75) is 33.2 Å². The summed E-state index contributed by atoms with van der Waals surface area (Å²) < 4.78 is 27.0. The van der Waals surface area contributed by atoms with Gasteiger partial charge >= 0.3 is 0 Å². The van der Waals surface area contributed by atoms with Crippen LogP contribution in [0.1, 0.15) is 32.3 Å². The number of hydrogen-bond acceptors (Lipinski definition) is 2. The second-order valence-corrected chi connectivity index (χ2v) is 6.51. The first kappa shape index (κ1) is 16.4.